The van der Waals surface area contributed by atoms with Crippen LogP contribution in [-0.4, -0.2) is 29.9 Å². The van der Waals surface area contributed by atoms with Crippen LogP contribution in [0.2, 0.25) is 0 Å². The zero-order chi connectivity index (χ0) is 12.3. The monoisotopic (exact) mass is 233 g/mol. The molecule has 1 heterocycles. The molecule has 92 valence electrons. The molecule has 1 amide bonds. The first-order valence-corrected chi connectivity index (χ1v) is 6.06. The smallest absolute Gasteiger partial charge is 0.254 e. The van der Waals surface area contributed by atoms with Gasteiger partial charge in [-0.1, -0.05) is 12.1 Å². The molecule has 0 aliphatic carbocycles. The predicted molar refractivity (Wildman–Crippen MR) is 67.4 cm³/mol. The van der Waals surface area contributed by atoms with Gasteiger partial charge in [-0.15, -0.1) is 0 Å². The van der Waals surface area contributed by atoms with E-state index >= 15 is 0 Å². The van der Waals surface area contributed by atoms with E-state index in [0.29, 0.717) is 13.1 Å². The first-order chi connectivity index (χ1) is 8.26. The Morgan fingerprint density at radius 2 is 2.00 bits per heavy atom. The maximum atomic E-state index is 12.3. The molecule has 17 heavy (non-hydrogen) atoms. The van der Waals surface area contributed by atoms with Crippen molar-refractivity contribution in [1.29, 1.82) is 0 Å². The predicted octanol–water partition coefficient (Wildman–Crippen LogP) is 0.709. The zero-order valence-corrected chi connectivity index (χ0v) is 9.93. The molecule has 1 aliphatic rings. The largest absolute Gasteiger partial charge is 0.334 e. The van der Waals surface area contributed by atoms with E-state index in [9.17, 15) is 4.79 Å². The Morgan fingerprint density at radius 1 is 1.29 bits per heavy atom. The van der Waals surface area contributed by atoms with E-state index in [0.717, 1.165) is 30.5 Å². The number of hydrogen-bond donors (Lipinski definition) is 2. The molecule has 1 aromatic rings. The van der Waals surface area contributed by atoms with Crippen molar-refractivity contribution < 1.29 is 4.79 Å². The topological polar surface area (TPSA) is 72.4 Å². The summed E-state index contributed by atoms with van der Waals surface area (Å²) >= 11 is 0. The lowest BCUT2D eigenvalue weighted by atomic mass is 10.1. The maximum absolute atomic E-state index is 12.3. The molecule has 4 heteroatoms. The van der Waals surface area contributed by atoms with Gasteiger partial charge in [-0.05, 0) is 30.5 Å². The van der Waals surface area contributed by atoms with Gasteiger partial charge < -0.3 is 16.4 Å². The van der Waals surface area contributed by atoms with Crippen LogP contribution in [0.25, 0.3) is 0 Å². The van der Waals surface area contributed by atoms with E-state index in [4.69, 9.17) is 11.5 Å². The van der Waals surface area contributed by atoms with Crippen molar-refractivity contribution in [2.75, 3.05) is 13.1 Å². The van der Waals surface area contributed by atoms with Gasteiger partial charge in [-0.2, -0.15) is 0 Å². The van der Waals surface area contributed by atoms with Gasteiger partial charge in [-0.25, -0.2) is 0 Å². The number of amides is 1. The van der Waals surface area contributed by atoms with Gasteiger partial charge in [0.2, 0.25) is 0 Å². The lowest BCUT2D eigenvalue weighted by molar-refractivity contribution is 0.0741. The number of benzene rings is 1. The van der Waals surface area contributed by atoms with Crippen molar-refractivity contribution in [2.45, 2.75) is 25.4 Å². The van der Waals surface area contributed by atoms with Gasteiger partial charge in [-0.3, -0.25) is 4.79 Å². The number of rotatable bonds is 3. The molecule has 0 aromatic heterocycles. The standard InChI is InChI=1S/C13H19N3O/c14-8-10-3-5-11(6-4-10)13(17)16-7-1-2-12(16)9-15/h3-6,12H,1-2,7-9,14-15H2/t12-/m0/s1. The van der Waals surface area contributed by atoms with Crippen LogP contribution < -0.4 is 11.5 Å². The van der Waals surface area contributed by atoms with Gasteiger partial charge in [0.15, 0.2) is 0 Å². The minimum Gasteiger partial charge on any atom is -0.334 e. The average molecular weight is 233 g/mol. The van der Waals surface area contributed by atoms with Gasteiger partial charge in [0, 0.05) is 31.2 Å². The molecule has 1 fully saturated rings. The van der Waals surface area contributed by atoms with Gasteiger partial charge in [0.1, 0.15) is 0 Å². The van der Waals surface area contributed by atoms with Crippen LogP contribution in [0.3, 0.4) is 0 Å². The highest BCUT2D eigenvalue weighted by molar-refractivity contribution is 5.94. The molecule has 1 saturated heterocycles. The summed E-state index contributed by atoms with van der Waals surface area (Å²) in [5, 5.41) is 0. The van der Waals surface area contributed by atoms with Crippen molar-refractivity contribution in [3.63, 3.8) is 0 Å². The number of hydrogen-bond acceptors (Lipinski definition) is 3. The van der Waals surface area contributed by atoms with Crippen LogP contribution in [0, 0.1) is 0 Å². The highest BCUT2D eigenvalue weighted by Gasteiger charge is 2.27. The van der Waals surface area contributed by atoms with Crippen molar-refractivity contribution >= 4 is 5.91 Å². The molecule has 0 bridgehead atoms. The van der Waals surface area contributed by atoms with Gasteiger partial charge in [0.05, 0.1) is 0 Å². The molecule has 4 N–H and O–H groups in total. The molecule has 0 radical (unpaired) electrons. The molecule has 2 rings (SSSR count). The molecule has 1 atom stereocenters. The van der Waals surface area contributed by atoms with Gasteiger partial charge in [0.25, 0.3) is 5.91 Å². The summed E-state index contributed by atoms with van der Waals surface area (Å²) < 4.78 is 0. The lowest BCUT2D eigenvalue weighted by Gasteiger charge is -2.23. The third kappa shape index (κ3) is 2.48. The first kappa shape index (κ1) is 12.1. The zero-order valence-electron chi connectivity index (χ0n) is 9.93. The van der Waals surface area contributed by atoms with Crippen LogP contribution in [0.15, 0.2) is 24.3 Å². The van der Waals surface area contributed by atoms with Crippen molar-refractivity contribution in [3.8, 4) is 0 Å². The Morgan fingerprint density at radius 3 is 2.59 bits per heavy atom. The first-order valence-electron chi connectivity index (χ1n) is 6.06. The van der Waals surface area contributed by atoms with E-state index in [1.807, 2.05) is 29.2 Å². The van der Waals surface area contributed by atoms with E-state index < -0.39 is 0 Å². The van der Waals surface area contributed by atoms with E-state index in [-0.39, 0.29) is 11.9 Å². The summed E-state index contributed by atoms with van der Waals surface area (Å²) in [5.74, 6) is 0.0847. The quantitative estimate of drug-likeness (QED) is 0.807. The van der Waals surface area contributed by atoms with Crippen molar-refractivity contribution in [3.05, 3.63) is 35.4 Å². The fourth-order valence-electron chi connectivity index (χ4n) is 2.30. The average Bonchev–Trinajstić information content (AvgIpc) is 2.86. The summed E-state index contributed by atoms with van der Waals surface area (Å²) in [4.78, 5) is 14.1. The Balaban J connectivity index is 2.13. The van der Waals surface area contributed by atoms with Gasteiger partial charge >= 0.3 is 0 Å². The number of carbonyl (C=O) groups excluding carboxylic acids is 1. The van der Waals surface area contributed by atoms with Crippen LogP contribution in [0.4, 0.5) is 0 Å². The Kier molecular flexibility index (Phi) is 3.76. The number of likely N-dealkylation sites (tertiary alicyclic amines) is 1. The Hall–Kier alpha value is -1.39. The minimum absolute atomic E-state index is 0.0847. The molecule has 0 unspecified atom stereocenters. The SMILES string of the molecule is NCc1ccc(C(=O)N2CCC[C@H]2CN)cc1. The van der Waals surface area contributed by atoms with E-state index in [2.05, 4.69) is 0 Å². The second kappa shape index (κ2) is 5.29. The molecule has 1 aliphatic heterocycles. The summed E-state index contributed by atoms with van der Waals surface area (Å²) in [6, 6.07) is 7.70. The third-order valence-corrected chi connectivity index (χ3v) is 3.35. The van der Waals surface area contributed by atoms with Crippen molar-refractivity contribution in [1.82, 2.24) is 4.90 Å². The molecule has 1 aromatic carbocycles. The summed E-state index contributed by atoms with van der Waals surface area (Å²) in [7, 11) is 0. The van der Waals surface area contributed by atoms with Crippen molar-refractivity contribution in [2.24, 2.45) is 11.5 Å². The van der Waals surface area contributed by atoms with Crippen LogP contribution in [0.1, 0.15) is 28.8 Å². The molecule has 0 spiro atoms. The van der Waals surface area contributed by atoms with Crippen LogP contribution in [-0.2, 0) is 6.54 Å². The molecular formula is C13H19N3O. The van der Waals surface area contributed by atoms with E-state index in [1.165, 1.54) is 0 Å². The highest BCUT2D eigenvalue weighted by atomic mass is 16.2. The molecular weight excluding hydrogens is 214 g/mol. The second-order valence-electron chi connectivity index (χ2n) is 4.43. The minimum atomic E-state index is 0.0847. The fourth-order valence-corrected chi connectivity index (χ4v) is 2.30. The number of nitrogens with two attached hydrogens (primary N) is 2. The lowest BCUT2D eigenvalue weighted by Crippen LogP contribution is -2.39. The summed E-state index contributed by atoms with van der Waals surface area (Å²) in [5.41, 5.74) is 13.0. The molecule has 4 nitrogen and oxygen atoms in total. The highest BCUT2D eigenvalue weighted by Crippen LogP contribution is 2.19. The van der Waals surface area contributed by atoms with Crippen LogP contribution >= 0.6 is 0 Å². The second-order valence-corrected chi connectivity index (χ2v) is 4.43. The fraction of sp³-hybridized carbons (Fsp3) is 0.462. The number of carbonyl (C=O) groups is 1. The Labute approximate surface area is 102 Å². The van der Waals surface area contributed by atoms with E-state index in [1.54, 1.807) is 0 Å². The summed E-state index contributed by atoms with van der Waals surface area (Å²) in [6.07, 6.45) is 2.07. The number of nitrogens with zero attached hydrogens (tertiary/aromatic N) is 1. The third-order valence-electron chi connectivity index (χ3n) is 3.35. The van der Waals surface area contributed by atoms with Crippen LogP contribution in [0.5, 0.6) is 0 Å². The Bertz CT molecular complexity index is 388. The maximum Gasteiger partial charge on any atom is 0.254 e. The molecule has 0 saturated carbocycles. The summed E-state index contributed by atoms with van der Waals surface area (Å²) in [6.45, 7) is 1.87. The normalized spacial score (nSPS) is 19.6.